The molecular formula is C10H6ClN3O4. The van der Waals surface area contributed by atoms with Crippen LogP contribution >= 0.6 is 11.6 Å². The summed E-state index contributed by atoms with van der Waals surface area (Å²) in [6.07, 6.45) is 0.954. The molecule has 0 aromatic heterocycles. The van der Waals surface area contributed by atoms with Gasteiger partial charge in [0.2, 0.25) is 0 Å². The first kappa shape index (κ1) is 13.5. The van der Waals surface area contributed by atoms with Crippen LogP contribution in [0.15, 0.2) is 30.0 Å². The molecule has 1 aromatic rings. The number of nitrogens with zero attached hydrogens (tertiary/aromatic N) is 2. The highest BCUT2D eigenvalue weighted by atomic mass is 35.5. The molecule has 0 unspecified atom stereocenters. The number of rotatable bonds is 4. The first-order valence-electron chi connectivity index (χ1n) is 4.49. The number of non-ortho nitro benzene ring substituents is 1. The van der Waals surface area contributed by atoms with Gasteiger partial charge in [-0.15, -0.1) is 0 Å². The van der Waals surface area contributed by atoms with Crippen molar-refractivity contribution in [3.05, 3.63) is 45.1 Å². The summed E-state index contributed by atoms with van der Waals surface area (Å²) in [6, 6.07) is 5.10. The summed E-state index contributed by atoms with van der Waals surface area (Å²) in [4.78, 5) is 20.4. The van der Waals surface area contributed by atoms with Gasteiger partial charge in [-0.2, -0.15) is 5.26 Å². The minimum Gasteiger partial charge on any atom is -0.477 e. The van der Waals surface area contributed by atoms with Crippen molar-refractivity contribution in [2.75, 3.05) is 5.32 Å². The zero-order chi connectivity index (χ0) is 13.7. The highest BCUT2D eigenvalue weighted by Crippen LogP contribution is 2.26. The Morgan fingerprint density at radius 1 is 1.61 bits per heavy atom. The largest absolute Gasteiger partial charge is 0.477 e. The van der Waals surface area contributed by atoms with E-state index in [1.165, 1.54) is 18.2 Å². The van der Waals surface area contributed by atoms with Crippen LogP contribution in [0, 0.1) is 21.4 Å². The third-order valence-electron chi connectivity index (χ3n) is 1.89. The lowest BCUT2D eigenvalue weighted by atomic mass is 10.2. The maximum absolute atomic E-state index is 10.5. The van der Waals surface area contributed by atoms with Crippen LogP contribution in [0.5, 0.6) is 0 Å². The van der Waals surface area contributed by atoms with Crippen molar-refractivity contribution in [1.29, 1.82) is 5.26 Å². The second-order valence-corrected chi connectivity index (χ2v) is 3.45. The summed E-state index contributed by atoms with van der Waals surface area (Å²) in [5, 5.41) is 30.1. The zero-order valence-corrected chi connectivity index (χ0v) is 9.51. The third-order valence-corrected chi connectivity index (χ3v) is 2.20. The standard InChI is InChI=1S/C10H6ClN3O4/c11-8-3-7(14(17)18)1-2-9(8)13-5-6(4-12)10(15)16/h1-3,5,13H,(H,15,16)/b6-5+. The van der Waals surface area contributed by atoms with Crippen LogP contribution in [-0.4, -0.2) is 16.0 Å². The van der Waals surface area contributed by atoms with Crippen LogP contribution in [-0.2, 0) is 4.79 Å². The van der Waals surface area contributed by atoms with Crippen molar-refractivity contribution < 1.29 is 14.8 Å². The molecule has 0 aliphatic rings. The molecule has 7 nitrogen and oxygen atoms in total. The van der Waals surface area contributed by atoms with Crippen LogP contribution < -0.4 is 5.32 Å². The lowest BCUT2D eigenvalue weighted by Gasteiger charge is -2.03. The van der Waals surface area contributed by atoms with E-state index in [-0.39, 0.29) is 16.4 Å². The number of hydrogen-bond acceptors (Lipinski definition) is 5. The molecule has 2 N–H and O–H groups in total. The number of aliphatic carboxylic acids is 1. The number of carboxylic acids is 1. The molecule has 8 heteroatoms. The number of benzene rings is 1. The van der Waals surface area contributed by atoms with Crippen molar-refractivity contribution in [2.24, 2.45) is 0 Å². The molecule has 0 fully saturated rings. The summed E-state index contributed by atoms with van der Waals surface area (Å²) in [5.74, 6) is -1.39. The molecule has 0 saturated carbocycles. The van der Waals surface area contributed by atoms with Crippen molar-refractivity contribution in [3.8, 4) is 6.07 Å². The van der Waals surface area contributed by atoms with E-state index in [1.54, 1.807) is 0 Å². The Balaban J connectivity index is 2.97. The number of nitro groups is 1. The minimum atomic E-state index is -1.39. The fourth-order valence-corrected chi connectivity index (χ4v) is 1.26. The Bertz CT molecular complexity index is 577. The number of hydrogen-bond donors (Lipinski definition) is 2. The molecular weight excluding hydrogens is 262 g/mol. The fourth-order valence-electron chi connectivity index (χ4n) is 1.03. The van der Waals surface area contributed by atoms with Crippen molar-refractivity contribution in [2.45, 2.75) is 0 Å². The average Bonchev–Trinajstić information content (AvgIpc) is 2.30. The SMILES string of the molecule is N#C/C(=C\Nc1ccc([N+](=O)[O-])cc1Cl)C(=O)O. The Labute approximate surface area is 106 Å². The van der Waals surface area contributed by atoms with E-state index in [9.17, 15) is 14.9 Å². The van der Waals surface area contributed by atoms with E-state index in [0.29, 0.717) is 0 Å². The van der Waals surface area contributed by atoms with Gasteiger partial charge < -0.3 is 10.4 Å². The Kier molecular flexibility index (Phi) is 4.23. The maximum atomic E-state index is 10.5. The van der Waals surface area contributed by atoms with Gasteiger partial charge in [-0.25, -0.2) is 4.79 Å². The summed E-state index contributed by atoms with van der Waals surface area (Å²) in [7, 11) is 0. The molecule has 0 aliphatic carbocycles. The monoisotopic (exact) mass is 267 g/mol. The number of carboxylic acid groups (broad SMARTS) is 1. The van der Waals surface area contributed by atoms with Crippen LogP contribution in [0.4, 0.5) is 11.4 Å². The van der Waals surface area contributed by atoms with E-state index < -0.39 is 16.5 Å². The summed E-state index contributed by atoms with van der Waals surface area (Å²) in [6.45, 7) is 0. The Morgan fingerprint density at radius 2 is 2.28 bits per heavy atom. The first-order valence-corrected chi connectivity index (χ1v) is 4.87. The second kappa shape index (κ2) is 5.65. The highest BCUT2D eigenvalue weighted by molar-refractivity contribution is 6.33. The Hall–Kier alpha value is -2.59. The third kappa shape index (κ3) is 3.20. The molecule has 0 aliphatic heterocycles. The van der Waals surface area contributed by atoms with Gasteiger partial charge in [-0.3, -0.25) is 10.1 Å². The molecule has 0 saturated heterocycles. The van der Waals surface area contributed by atoms with E-state index in [0.717, 1.165) is 12.3 Å². The summed E-state index contributed by atoms with van der Waals surface area (Å²) >= 11 is 5.75. The smallest absolute Gasteiger partial charge is 0.347 e. The van der Waals surface area contributed by atoms with E-state index in [1.807, 2.05) is 0 Å². The van der Waals surface area contributed by atoms with Crippen LogP contribution in [0.3, 0.4) is 0 Å². The maximum Gasteiger partial charge on any atom is 0.347 e. The van der Waals surface area contributed by atoms with E-state index >= 15 is 0 Å². The molecule has 18 heavy (non-hydrogen) atoms. The molecule has 0 spiro atoms. The first-order chi connectivity index (χ1) is 8.45. The second-order valence-electron chi connectivity index (χ2n) is 3.04. The Morgan fingerprint density at radius 3 is 2.72 bits per heavy atom. The van der Waals surface area contributed by atoms with Gasteiger partial charge in [-0.1, -0.05) is 11.6 Å². The van der Waals surface area contributed by atoms with Crippen LogP contribution in [0.1, 0.15) is 0 Å². The van der Waals surface area contributed by atoms with E-state index in [2.05, 4.69) is 5.32 Å². The van der Waals surface area contributed by atoms with Crippen LogP contribution in [0.25, 0.3) is 0 Å². The molecule has 0 heterocycles. The number of nitrogens with one attached hydrogen (secondary N) is 1. The molecule has 0 atom stereocenters. The molecule has 0 radical (unpaired) electrons. The predicted octanol–water partition coefficient (Wildman–Crippen LogP) is 2.15. The predicted molar refractivity (Wildman–Crippen MR) is 63.1 cm³/mol. The average molecular weight is 268 g/mol. The quantitative estimate of drug-likeness (QED) is 0.374. The molecule has 0 bridgehead atoms. The van der Waals surface area contributed by atoms with Gasteiger partial charge in [0, 0.05) is 18.3 Å². The van der Waals surface area contributed by atoms with E-state index in [4.69, 9.17) is 22.0 Å². The minimum absolute atomic E-state index is 0.0446. The topological polar surface area (TPSA) is 116 Å². The summed E-state index contributed by atoms with van der Waals surface area (Å²) < 4.78 is 0. The number of anilines is 1. The normalized spacial score (nSPS) is 10.6. The molecule has 1 rings (SSSR count). The van der Waals surface area contributed by atoms with Crippen LogP contribution in [0.2, 0.25) is 5.02 Å². The van der Waals surface area contributed by atoms with Crippen molar-refractivity contribution >= 4 is 28.9 Å². The number of nitro benzene ring substituents is 1. The van der Waals surface area contributed by atoms with Gasteiger partial charge in [0.1, 0.15) is 6.07 Å². The highest BCUT2D eigenvalue weighted by Gasteiger charge is 2.10. The van der Waals surface area contributed by atoms with Gasteiger partial charge in [0.25, 0.3) is 5.69 Å². The lowest BCUT2D eigenvalue weighted by Crippen LogP contribution is -2.01. The number of nitriles is 1. The van der Waals surface area contributed by atoms with Gasteiger partial charge >= 0.3 is 5.97 Å². The number of carbonyl (C=O) groups is 1. The molecule has 92 valence electrons. The fraction of sp³-hybridized carbons (Fsp3) is 0. The number of halogens is 1. The summed E-state index contributed by atoms with van der Waals surface area (Å²) in [5.41, 5.74) is -0.436. The zero-order valence-electron chi connectivity index (χ0n) is 8.75. The molecule has 1 aromatic carbocycles. The van der Waals surface area contributed by atoms with Crippen molar-refractivity contribution in [1.82, 2.24) is 0 Å². The van der Waals surface area contributed by atoms with Gasteiger partial charge in [0.05, 0.1) is 15.6 Å². The molecule has 0 amide bonds. The lowest BCUT2D eigenvalue weighted by molar-refractivity contribution is -0.384. The van der Waals surface area contributed by atoms with Gasteiger partial charge in [-0.05, 0) is 6.07 Å². The van der Waals surface area contributed by atoms with Crippen molar-refractivity contribution in [3.63, 3.8) is 0 Å². The van der Waals surface area contributed by atoms with Gasteiger partial charge in [0.15, 0.2) is 5.57 Å².